The van der Waals surface area contributed by atoms with Crippen molar-refractivity contribution in [2.24, 2.45) is 0 Å². The number of methoxy groups -OCH3 is 1. The van der Waals surface area contributed by atoms with E-state index in [1.54, 1.807) is 7.11 Å². The Hall–Kier alpha value is -2.78. The van der Waals surface area contributed by atoms with Crippen LogP contribution in [0.25, 0.3) is 0 Å². The predicted molar refractivity (Wildman–Crippen MR) is 184 cm³/mol. The molecule has 3 aromatic rings. The van der Waals surface area contributed by atoms with E-state index in [2.05, 4.69) is 0 Å². The maximum absolute atomic E-state index is 7.03. The van der Waals surface area contributed by atoms with Crippen LogP contribution in [0.3, 0.4) is 0 Å². The van der Waals surface area contributed by atoms with E-state index >= 15 is 0 Å². The van der Waals surface area contributed by atoms with E-state index < -0.39 is 73.0 Å². The van der Waals surface area contributed by atoms with Gasteiger partial charge in [-0.25, -0.2) is 0 Å². The first-order valence-corrected chi connectivity index (χ1v) is 17.8. The monoisotopic (exact) mass is 706 g/mol. The Bertz CT molecular complexity index is 1510. The highest BCUT2D eigenvalue weighted by molar-refractivity contribution is 5.15. The molecule has 0 saturated carbocycles. The van der Waals surface area contributed by atoms with Crippen molar-refractivity contribution in [2.45, 2.75) is 121 Å². The lowest BCUT2D eigenvalue weighted by Gasteiger charge is -2.50. The lowest BCUT2D eigenvalue weighted by atomic mass is 9.95. The third kappa shape index (κ3) is 8.89. The summed E-state index contributed by atoms with van der Waals surface area (Å²) in [5.41, 5.74) is 3.04. The van der Waals surface area contributed by atoms with Crippen LogP contribution in [0.15, 0.2) is 91.0 Å². The zero-order valence-electron chi connectivity index (χ0n) is 30.0. The number of ether oxygens (including phenoxy) is 11. The van der Waals surface area contributed by atoms with E-state index in [0.29, 0.717) is 26.4 Å². The van der Waals surface area contributed by atoms with E-state index in [9.17, 15) is 0 Å². The fraction of sp³-hybridized carbons (Fsp3) is 0.550. The normalized spacial score (nSPS) is 34.1. The standard InChI is InChI=1S/C40H50O11/c1-39(2)45-25-30-32(49-39)34-36(51-40(3,4)50-34)38(47-30)48-31-29(24-42-21-26-15-9-6-10-16-26)46-37(41-5)35(44-23-28-19-13-8-14-20-28)33(31)43-22-27-17-11-7-12-18-27/h6-20,29-38H,21-25H2,1-5H3/t29-,30-,31-,32-,33+,34+,35-,36+,37+,38+/m1/s1. The van der Waals surface area contributed by atoms with Gasteiger partial charge in [0, 0.05) is 7.11 Å². The number of rotatable bonds is 13. The Balaban J connectivity index is 1.20. The summed E-state index contributed by atoms with van der Waals surface area (Å²) >= 11 is 0. The maximum atomic E-state index is 7.03. The number of hydrogen-bond donors (Lipinski definition) is 0. The van der Waals surface area contributed by atoms with Crippen LogP contribution in [-0.4, -0.2) is 93.3 Å². The Kier molecular flexibility index (Phi) is 11.5. The third-order valence-corrected chi connectivity index (χ3v) is 9.53. The van der Waals surface area contributed by atoms with Crippen LogP contribution < -0.4 is 0 Å². The summed E-state index contributed by atoms with van der Waals surface area (Å²) < 4.78 is 71.2. The van der Waals surface area contributed by atoms with Gasteiger partial charge in [0.1, 0.15) is 48.8 Å². The molecule has 0 aromatic heterocycles. The molecule has 11 nitrogen and oxygen atoms in total. The average Bonchev–Trinajstić information content (AvgIpc) is 3.47. The summed E-state index contributed by atoms with van der Waals surface area (Å²) in [5.74, 6) is -1.69. The van der Waals surface area contributed by atoms with Gasteiger partial charge in [-0.3, -0.25) is 0 Å². The van der Waals surface area contributed by atoms with Crippen molar-refractivity contribution in [1.29, 1.82) is 0 Å². The van der Waals surface area contributed by atoms with Crippen molar-refractivity contribution in [3.8, 4) is 0 Å². The zero-order chi connectivity index (χ0) is 35.4. The molecule has 0 aliphatic carbocycles. The molecule has 4 aliphatic rings. The highest BCUT2D eigenvalue weighted by Gasteiger charge is 2.60. The van der Waals surface area contributed by atoms with Gasteiger partial charge in [-0.1, -0.05) is 91.0 Å². The number of benzene rings is 3. The highest BCUT2D eigenvalue weighted by atomic mass is 16.8. The van der Waals surface area contributed by atoms with E-state index in [1.165, 1.54) is 0 Å². The van der Waals surface area contributed by atoms with E-state index in [-0.39, 0.29) is 6.61 Å². The van der Waals surface area contributed by atoms with Gasteiger partial charge in [0.15, 0.2) is 24.2 Å². The van der Waals surface area contributed by atoms with Crippen molar-refractivity contribution in [2.75, 3.05) is 20.3 Å². The molecular formula is C40H50O11. The summed E-state index contributed by atoms with van der Waals surface area (Å²) in [6.45, 7) is 9.03. The quantitative estimate of drug-likeness (QED) is 0.225. The van der Waals surface area contributed by atoms with Crippen molar-refractivity contribution in [1.82, 2.24) is 0 Å². The number of fused-ring (bicyclic) bond motifs is 3. The molecule has 10 atom stereocenters. The van der Waals surface area contributed by atoms with Crippen LogP contribution in [0.2, 0.25) is 0 Å². The minimum atomic E-state index is -0.895. The summed E-state index contributed by atoms with van der Waals surface area (Å²) in [5, 5.41) is 0. The summed E-state index contributed by atoms with van der Waals surface area (Å²) in [4.78, 5) is 0. The topological polar surface area (TPSA) is 102 Å². The van der Waals surface area contributed by atoms with Gasteiger partial charge in [0.2, 0.25) is 0 Å². The fourth-order valence-corrected chi connectivity index (χ4v) is 7.14. The van der Waals surface area contributed by atoms with E-state index in [0.717, 1.165) is 16.7 Å². The second kappa shape index (κ2) is 16.1. The molecule has 276 valence electrons. The lowest BCUT2D eigenvalue weighted by Crippen LogP contribution is -2.67. The van der Waals surface area contributed by atoms with Crippen LogP contribution in [-0.2, 0) is 71.9 Å². The molecule has 11 heteroatoms. The minimum Gasteiger partial charge on any atom is -0.374 e. The molecule has 4 fully saturated rings. The molecule has 0 N–H and O–H groups in total. The molecule has 0 unspecified atom stereocenters. The first-order chi connectivity index (χ1) is 24.7. The second-order valence-corrected chi connectivity index (χ2v) is 14.3. The van der Waals surface area contributed by atoms with Crippen molar-refractivity contribution >= 4 is 0 Å². The first kappa shape index (κ1) is 36.6. The third-order valence-electron chi connectivity index (χ3n) is 9.53. The molecule has 51 heavy (non-hydrogen) atoms. The van der Waals surface area contributed by atoms with Crippen LogP contribution in [0, 0.1) is 0 Å². The van der Waals surface area contributed by atoms with Gasteiger partial charge in [-0.05, 0) is 44.4 Å². The smallest absolute Gasteiger partial charge is 0.187 e. The van der Waals surface area contributed by atoms with Crippen LogP contribution in [0.5, 0.6) is 0 Å². The highest BCUT2D eigenvalue weighted by Crippen LogP contribution is 2.43. The number of hydrogen-bond acceptors (Lipinski definition) is 11. The zero-order valence-corrected chi connectivity index (χ0v) is 30.0. The molecule has 0 spiro atoms. The van der Waals surface area contributed by atoms with Gasteiger partial charge in [0.25, 0.3) is 0 Å². The van der Waals surface area contributed by atoms with Gasteiger partial charge in [0.05, 0.1) is 33.0 Å². The molecule has 4 aliphatic heterocycles. The Morgan fingerprint density at radius 3 is 1.75 bits per heavy atom. The summed E-state index contributed by atoms with van der Waals surface area (Å²) in [6.07, 6.45) is -6.35. The van der Waals surface area contributed by atoms with Gasteiger partial charge in [-0.15, -0.1) is 0 Å². The summed E-state index contributed by atoms with van der Waals surface area (Å²) in [7, 11) is 1.60. The van der Waals surface area contributed by atoms with Gasteiger partial charge >= 0.3 is 0 Å². The maximum Gasteiger partial charge on any atom is 0.187 e. The molecule has 0 amide bonds. The molecule has 3 aromatic carbocycles. The fourth-order valence-electron chi connectivity index (χ4n) is 7.14. The largest absolute Gasteiger partial charge is 0.374 e. The molecule has 4 heterocycles. The molecule has 0 radical (unpaired) electrons. The summed E-state index contributed by atoms with van der Waals surface area (Å²) in [6, 6.07) is 30.0. The van der Waals surface area contributed by atoms with Crippen LogP contribution in [0.1, 0.15) is 44.4 Å². The Labute approximate surface area is 300 Å². The molecular weight excluding hydrogens is 656 g/mol. The van der Waals surface area contributed by atoms with Gasteiger partial charge in [-0.2, -0.15) is 0 Å². The van der Waals surface area contributed by atoms with Crippen LogP contribution in [0.4, 0.5) is 0 Å². The lowest BCUT2D eigenvalue weighted by molar-refractivity contribution is -0.391. The van der Waals surface area contributed by atoms with E-state index in [4.69, 9.17) is 52.1 Å². The van der Waals surface area contributed by atoms with Crippen molar-refractivity contribution in [3.05, 3.63) is 108 Å². The Morgan fingerprint density at radius 2 is 1.14 bits per heavy atom. The first-order valence-electron chi connectivity index (χ1n) is 17.8. The van der Waals surface area contributed by atoms with Crippen molar-refractivity contribution < 1.29 is 52.1 Å². The second-order valence-electron chi connectivity index (χ2n) is 14.3. The van der Waals surface area contributed by atoms with Gasteiger partial charge < -0.3 is 52.1 Å². The average molecular weight is 707 g/mol. The molecule has 0 bridgehead atoms. The minimum absolute atomic E-state index is 0.187. The predicted octanol–water partition coefficient (Wildman–Crippen LogP) is 5.53. The van der Waals surface area contributed by atoms with Crippen molar-refractivity contribution in [3.63, 3.8) is 0 Å². The van der Waals surface area contributed by atoms with Crippen LogP contribution >= 0.6 is 0 Å². The van der Waals surface area contributed by atoms with E-state index in [1.807, 2.05) is 119 Å². The molecule has 4 saturated heterocycles. The SMILES string of the molecule is CO[C@H]1O[C@H](COCc2ccccc2)[C@@H](O[C@@H]2O[C@@H]3COC(C)(C)O[C@H]3[C@@H]3OC(C)(C)O[C@H]23)[C@H](OCc2ccccc2)[C@H]1OCc1ccccc1. The molecule has 7 rings (SSSR count). The Morgan fingerprint density at radius 1 is 0.588 bits per heavy atom.